The zero-order chi connectivity index (χ0) is 15.5. The average molecular weight is 365 g/mol. The third-order valence-electron chi connectivity index (χ3n) is 2.29. The van der Waals surface area contributed by atoms with Crippen LogP contribution in [0.3, 0.4) is 0 Å². The molecule has 0 aromatic heterocycles. The average Bonchev–Trinajstić information content (AvgIpc) is 2.21. The van der Waals surface area contributed by atoms with E-state index in [1.165, 1.54) is 0 Å². The van der Waals surface area contributed by atoms with Crippen LogP contribution in [0.1, 0.15) is 25.0 Å². The Balaban J connectivity index is 2.90. The van der Waals surface area contributed by atoms with Crippen molar-refractivity contribution in [2.24, 2.45) is 0 Å². The van der Waals surface area contributed by atoms with E-state index in [0.717, 1.165) is 15.6 Å². The lowest BCUT2D eigenvalue weighted by molar-refractivity contribution is 0.121. The van der Waals surface area contributed by atoms with Crippen LogP contribution in [-0.2, 0) is 14.9 Å². The molecule has 1 aromatic carbocycles. The molecule has 0 bridgehead atoms. The van der Waals surface area contributed by atoms with Gasteiger partial charge in [-0.3, -0.25) is 4.72 Å². The standard InChI is InChI=1S/C12H17BrN2O4S/c1-7(2)19-12(16)15-20(17,18)14-11-8(3)5-10(13)6-9(11)4/h5-7,14H,1-4H3,(H,15,16). The first-order valence-electron chi connectivity index (χ1n) is 5.88. The fourth-order valence-electron chi connectivity index (χ4n) is 1.58. The van der Waals surface area contributed by atoms with Crippen molar-refractivity contribution in [1.82, 2.24) is 4.72 Å². The predicted octanol–water partition coefficient (Wildman–Crippen LogP) is 2.86. The molecule has 0 saturated carbocycles. The fraction of sp³-hybridized carbons (Fsp3) is 0.417. The van der Waals surface area contributed by atoms with Crippen molar-refractivity contribution < 1.29 is 17.9 Å². The van der Waals surface area contributed by atoms with Gasteiger partial charge in [-0.25, -0.2) is 9.52 Å². The number of rotatable bonds is 4. The molecule has 0 unspecified atom stereocenters. The molecule has 1 rings (SSSR count). The Kier molecular flexibility index (Phi) is 5.41. The molecular weight excluding hydrogens is 348 g/mol. The Labute approximate surface area is 127 Å². The van der Waals surface area contributed by atoms with E-state index in [2.05, 4.69) is 20.7 Å². The summed E-state index contributed by atoms with van der Waals surface area (Å²) < 4.78 is 33.4. The van der Waals surface area contributed by atoms with Gasteiger partial charge in [-0.2, -0.15) is 8.42 Å². The van der Waals surface area contributed by atoms with Crippen LogP contribution in [0.2, 0.25) is 0 Å². The van der Waals surface area contributed by atoms with Gasteiger partial charge in [-0.1, -0.05) is 15.9 Å². The SMILES string of the molecule is Cc1cc(Br)cc(C)c1NS(=O)(=O)NC(=O)OC(C)C. The van der Waals surface area contributed by atoms with Crippen LogP contribution in [-0.4, -0.2) is 20.6 Å². The van der Waals surface area contributed by atoms with Crippen molar-refractivity contribution in [3.8, 4) is 0 Å². The number of hydrogen-bond donors (Lipinski definition) is 2. The number of hydrogen-bond acceptors (Lipinski definition) is 4. The van der Waals surface area contributed by atoms with E-state index in [4.69, 9.17) is 4.74 Å². The molecule has 0 radical (unpaired) electrons. The molecule has 0 fully saturated rings. The highest BCUT2D eigenvalue weighted by molar-refractivity contribution is 9.10. The molecule has 20 heavy (non-hydrogen) atoms. The van der Waals surface area contributed by atoms with Crippen LogP contribution in [0.15, 0.2) is 16.6 Å². The molecule has 0 aliphatic rings. The summed E-state index contributed by atoms with van der Waals surface area (Å²) in [6, 6.07) is 3.55. The van der Waals surface area contributed by atoms with Crippen molar-refractivity contribution in [3.63, 3.8) is 0 Å². The zero-order valence-electron chi connectivity index (χ0n) is 11.7. The van der Waals surface area contributed by atoms with E-state index in [1.807, 2.05) is 0 Å². The van der Waals surface area contributed by atoms with Gasteiger partial charge in [0, 0.05) is 4.47 Å². The normalized spacial score (nSPS) is 11.3. The minimum absolute atomic E-state index is 0.402. The van der Waals surface area contributed by atoms with Crippen molar-refractivity contribution >= 4 is 37.9 Å². The number of amides is 1. The van der Waals surface area contributed by atoms with Gasteiger partial charge in [0.15, 0.2) is 0 Å². The lowest BCUT2D eigenvalue weighted by Gasteiger charge is -2.15. The summed E-state index contributed by atoms with van der Waals surface area (Å²) in [7, 11) is -4.03. The highest BCUT2D eigenvalue weighted by atomic mass is 79.9. The molecule has 0 heterocycles. The molecule has 1 aromatic rings. The van der Waals surface area contributed by atoms with Gasteiger partial charge < -0.3 is 4.74 Å². The number of anilines is 1. The number of halogens is 1. The molecule has 0 aliphatic carbocycles. The minimum atomic E-state index is -4.03. The van der Waals surface area contributed by atoms with Gasteiger partial charge in [0.25, 0.3) is 0 Å². The van der Waals surface area contributed by atoms with E-state index < -0.39 is 22.4 Å². The molecule has 0 spiro atoms. The molecule has 0 aliphatic heterocycles. The Morgan fingerprint density at radius 2 is 1.75 bits per heavy atom. The highest BCUT2D eigenvalue weighted by Gasteiger charge is 2.18. The Bertz CT molecular complexity index is 591. The molecule has 8 heteroatoms. The first-order valence-corrected chi connectivity index (χ1v) is 8.16. The first-order chi connectivity index (χ1) is 9.10. The van der Waals surface area contributed by atoms with E-state index in [0.29, 0.717) is 5.69 Å². The topological polar surface area (TPSA) is 84.5 Å². The maximum Gasteiger partial charge on any atom is 0.422 e. The fourth-order valence-corrected chi connectivity index (χ4v) is 3.18. The Hall–Kier alpha value is -1.28. The first kappa shape index (κ1) is 16.8. The van der Waals surface area contributed by atoms with Crippen LogP contribution >= 0.6 is 15.9 Å². The van der Waals surface area contributed by atoms with Crippen LogP contribution in [0, 0.1) is 13.8 Å². The third kappa shape index (κ3) is 5.01. The van der Waals surface area contributed by atoms with Gasteiger partial charge in [0.2, 0.25) is 0 Å². The maximum absolute atomic E-state index is 11.8. The van der Waals surface area contributed by atoms with E-state index >= 15 is 0 Å². The van der Waals surface area contributed by atoms with Gasteiger partial charge in [-0.15, -0.1) is 0 Å². The van der Waals surface area contributed by atoms with Crippen LogP contribution in [0.25, 0.3) is 0 Å². The lowest BCUT2D eigenvalue weighted by atomic mass is 10.1. The van der Waals surface area contributed by atoms with E-state index in [9.17, 15) is 13.2 Å². The van der Waals surface area contributed by atoms with E-state index in [1.54, 1.807) is 44.5 Å². The van der Waals surface area contributed by atoms with Crippen LogP contribution in [0.5, 0.6) is 0 Å². The summed E-state index contributed by atoms with van der Waals surface area (Å²) in [5.74, 6) is 0. The largest absolute Gasteiger partial charge is 0.446 e. The molecule has 0 saturated heterocycles. The summed E-state index contributed by atoms with van der Waals surface area (Å²) in [4.78, 5) is 11.3. The van der Waals surface area contributed by atoms with Gasteiger partial charge >= 0.3 is 16.3 Å². The van der Waals surface area contributed by atoms with Gasteiger partial charge in [-0.05, 0) is 51.0 Å². The molecule has 6 nitrogen and oxygen atoms in total. The summed E-state index contributed by atoms with van der Waals surface area (Å²) in [5, 5.41) is 0. The zero-order valence-corrected chi connectivity index (χ0v) is 14.1. The summed E-state index contributed by atoms with van der Waals surface area (Å²) in [5.41, 5.74) is 1.90. The number of ether oxygens (including phenoxy) is 1. The monoisotopic (exact) mass is 364 g/mol. The molecule has 0 atom stereocenters. The van der Waals surface area contributed by atoms with E-state index in [-0.39, 0.29) is 0 Å². The lowest BCUT2D eigenvalue weighted by Crippen LogP contribution is -2.37. The Morgan fingerprint density at radius 3 is 2.20 bits per heavy atom. The number of carbonyl (C=O) groups is 1. The highest BCUT2D eigenvalue weighted by Crippen LogP contribution is 2.25. The predicted molar refractivity (Wildman–Crippen MR) is 80.9 cm³/mol. The van der Waals surface area contributed by atoms with Crippen molar-refractivity contribution in [2.45, 2.75) is 33.8 Å². The second-order valence-corrected chi connectivity index (χ2v) is 6.91. The third-order valence-corrected chi connectivity index (χ3v) is 3.66. The second kappa shape index (κ2) is 6.45. The molecular formula is C12H17BrN2O4S. The quantitative estimate of drug-likeness (QED) is 0.859. The number of aryl methyl sites for hydroxylation is 2. The maximum atomic E-state index is 11.8. The number of nitrogens with one attached hydrogen (secondary N) is 2. The van der Waals surface area contributed by atoms with Gasteiger partial charge in [0.1, 0.15) is 0 Å². The molecule has 1 amide bonds. The van der Waals surface area contributed by atoms with Crippen LogP contribution in [0.4, 0.5) is 10.5 Å². The summed E-state index contributed by atoms with van der Waals surface area (Å²) in [6.07, 6.45) is -1.42. The summed E-state index contributed by atoms with van der Waals surface area (Å²) >= 11 is 3.33. The smallest absolute Gasteiger partial charge is 0.422 e. The van der Waals surface area contributed by atoms with Crippen molar-refractivity contribution in [1.29, 1.82) is 0 Å². The van der Waals surface area contributed by atoms with Gasteiger partial charge in [0.05, 0.1) is 11.8 Å². The molecule has 2 N–H and O–H groups in total. The summed E-state index contributed by atoms with van der Waals surface area (Å²) in [6.45, 7) is 6.79. The second-order valence-electron chi connectivity index (χ2n) is 4.58. The van der Waals surface area contributed by atoms with Crippen molar-refractivity contribution in [3.05, 3.63) is 27.7 Å². The van der Waals surface area contributed by atoms with Crippen molar-refractivity contribution in [2.75, 3.05) is 4.72 Å². The number of carbonyl (C=O) groups excluding carboxylic acids is 1. The molecule has 112 valence electrons. The van der Waals surface area contributed by atoms with Crippen LogP contribution < -0.4 is 9.44 Å². The minimum Gasteiger partial charge on any atom is -0.446 e. The number of benzene rings is 1. The Morgan fingerprint density at radius 1 is 1.25 bits per heavy atom.